The zero-order valence-corrected chi connectivity index (χ0v) is 43.0. The standard InChI is InChI=1S/C59H104O6/c1-4-7-10-13-16-19-22-24-26-28-29-31-33-35-38-41-44-47-50-53-59(62)65-56(54-63-57(60)51-48-45-42-39-36-21-18-15-12-9-6-3)55-64-58(61)52-49-46-43-40-37-34-32-30-27-25-23-20-17-14-11-8-5-2/h15,17-18,20,25,27,32,34,40,43,56H,4-14,16,19,21-24,26,28-31,33,35-39,41-42,44-55H2,1-3H3/b18-15-,20-17-,27-25-,34-32-,43-40-/t56-/m0/s1. The van der Waals surface area contributed by atoms with Crippen LogP contribution in [0.25, 0.3) is 0 Å². The van der Waals surface area contributed by atoms with Crippen molar-refractivity contribution in [3.8, 4) is 0 Å². The number of hydrogen-bond acceptors (Lipinski definition) is 6. The number of unbranched alkanes of at least 4 members (excludes halogenated alkanes) is 29. The molecule has 0 amide bonds. The van der Waals surface area contributed by atoms with Gasteiger partial charge in [0, 0.05) is 19.3 Å². The molecule has 0 aromatic rings. The third-order valence-electron chi connectivity index (χ3n) is 12.0. The van der Waals surface area contributed by atoms with Crippen molar-refractivity contribution in [3.63, 3.8) is 0 Å². The van der Waals surface area contributed by atoms with Crippen molar-refractivity contribution in [2.24, 2.45) is 0 Å². The highest BCUT2D eigenvalue weighted by molar-refractivity contribution is 5.71. The minimum Gasteiger partial charge on any atom is -0.462 e. The first-order chi connectivity index (χ1) is 32.0. The predicted octanol–water partition coefficient (Wildman–Crippen LogP) is 18.4. The highest BCUT2D eigenvalue weighted by Crippen LogP contribution is 2.16. The number of carbonyl (C=O) groups excluding carboxylic acids is 3. The van der Waals surface area contributed by atoms with Gasteiger partial charge in [-0.25, -0.2) is 0 Å². The van der Waals surface area contributed by atoms with E-state index in [2.05, 4.69) is 81.5 Å². The smallest absolute Gasteiger partial charge is 0.306 e. The summed E-state index contributed by atoms with van der Waals surface area (Å²) in [7, 11) is 0. The van der Waals surface area contributed by atoms with Crippen LogP contribution >= 0.6 is 0 Å². The van der Waals surface area contributed by atoms with E-state index in [4.69, 9.17) is 14.2 Å². The first-order valence-corrected chi connectivity index (χ1v) is 27.8. The lowest BCUT2D eigenvalue weighted by Gasteiger charge is -2.18. The summed E-state index contributed by atoms with van der Waals surface area (Å²) in [4.78, 5) is 38.0. The molecular weight excluding hydrogens is 805 g/mol. The van der Waals surface area contributed by atoms with Crippen molar-refractivity contribution in [2.75, 3.05) is 13.2 Å². The largest absolute Gasteiger partial charge is 0.462 e. The summed E-state index contributed by atoms with van der Waals surface area (Å²) in [5.74, 6) is -0.951. The van der Waals surface area contributed by atoms with Gasteiger partial charge in [-0.15, -0.1) is 0 Å². The fraction of sp³-hybridized carbons (Fsp3) is 0.780. The molecule has 0 saturated heterocycles. The lowest BCUT2D eigenvalue weighted by Crippen LogP contribution is -2.30. The van der Waals surface area contributed by atoms with Crippen LogP contribution in [0, 0.1) is 0 Å². The Labute approximate surface area is 402 Å². The summed E-state index contributed by atoms with van der Waals surface area (Å²) in [5.41, 5.74) is 0. The van der Waals surface area contributed by atoms with E-state index in [9.17, 15) is 14.4 Å². The highest BCUT2D eigenvalue weighted by atomic mass is 16.6. The summed E-state index contributed by atoms with van der Waals surface area (Å²) in [6, 6.07) is 0. The second-order valence-electron chi connectivity index (χ2n) is 18.5. The summed E-state index contributed by atoms with van der Waals surface area (Å²) < 4.78 is 16.8. The Hall–Kier alpha value is -2.89. The molecule has 0 rings (SSSR count). The van der Waals surface area contributed by atoms with Gasteiger partial charge in [0.25, 0.3) is 0 Å². The Bertz CT molecular complexity index is 1180. The molecule has 0 aliphatic carbocycles. The summed E-state index contributed by atoms with van der Waals surface area (Å²) in [5, 5.41) is 0. The van der Waals surface area contributed by atoms with Gasteiger partial charge in [0.05, 0.1) is 0 Å². The van der Waals surface area contributed by atoms with Crippen LogP contribution in [-0.4, -0.2) is 37.2 Å². The molecule has 0 unspecified atom stereocenters. The van der Waals surface area contributed by atoms with Crippen LogP contribution in [-0.2, 0) is 28.6 Å². The van der Waals surface area contributed by atoms with Crippen LogP contribution in [0.3, 0.4) is 0 Å². The van der Waals surface area contributed by atoms with Crippen molar-refractivity contribution >= 4 is 17.9 Å². The number of rotatable bonds is 50. The van der Waals surface area contributed by atoms with Gasteiger partial charge in [0.2, 0.25) is 0 Å². The quantitative estimate of drug-likeness (QED) is 0.0262. The maximum absolute atomic E-state index is 12.8. The fourth-order valence-electron chi connectivity index (χ4n) is 7.77. The van der Waals surface area contributed by atoms with Crippen molar-refractivity contribution in [1.29, 1.82) is 0 Å². The second kappa shape index (κ2) is 53.7. The van der Waals surface area contributed by atoms with Crippen LogP contribution in [0.5, 0.6) is 0 Å². The lowest BCUT2D eigenvalue weighted by atomic mass is 10.0. The lowest BCUT2D eigenvalue weighted by molar-refractivity contribution is -0.167. The third-order valence-corrected chi connectivity index (χ3v) is 12.0. The van der Waals surface area contributed by atoms with E-state index >= 15 is 0 Å². The molecule has 376 valence electrons. The Balaban J connectivity index is 4.40. The van der Waals surface area contributed by atoms with Crippen LogP contribution < -0.4 is 0 Å². The van der Waals surface area contributed by atoms with Gasteiger partial charge in [-0.05, 0) is 77.0 Å². The maximum Gasteiger partial charge on any atom is 0.306 e. The van der Waals surface area contributed by atoms with E-state index in [1.165, 1.54) is 161 Å². The molecule has 0 N–H and O–H groups in total. The van der Waals surface area contributed by atoms with E-state index < -0.39 is 6.10 Å². The topological polar surface area (TPSA) is 78.9 Å². The van der Waals surface area contributed by atoms with Crippen molar-refractivity contribution in [3.05, 3.63) is 60.8 Å². The molecule has 0 heterocycles. The molecule has 0 bridgehead atoms. The number of allylic oxidation sites excluding steroid dienone is 10. The molecule has 1 atom stereocenters. The predicted molar refractivity (Wildman–Crippen MR) is 279 cm³/mol. The Morgan fingerprint density at radius 3 is 1.02 bits per heavy atom. The maximum atomic E-state index is 12.8. The molecule has 6 nitrogen and oxygen atoms in total. The SMILES string of the molecule is CCCC/C=C\CCCCCCCC(=O)OC[C@@H](COC(=O)CCC/C=C\C/C=C\C/C=C\C/C=C\CCCCC)OC(=O)CCCCCCCCCCCCCCCCCCCCC. The second-order valence-corrected chi connectivity index (χ2v) is 18.5. The van der Waals surface area contributed by atoms with Gasteiger partial charge in [-0.2, -0.15) is 0 Å². The fourth-order valence-corrected chi connectivity index (χ4v) is 7.77. The first kappa shape index (κ1) is 62.1. The number of hydrogen-bond donors (Lipinski definition) is 0. The van der Waals surface area contributed by atoms with Gasteiger partial charge in [-0.3, -0.25) is 14.4 Å². The van der Waals surface area contributed by atoms with E-state index in [1.54, 1.807) is 0 Å². The molecule has 0 spiro atoms. The van der Waals surface area contributed by atoms with Crippen molar-refractivity contribution in [1.82, 2.24) is 0 Å². The summed E-state index contributed by atoms with van der Waals surface area (Å²) in [6.07, 6.45) is 66.5. The summed E-state index contributed by atoms with van der Waals surface area (Å²) >= 11 is 0. The first-order valence-electron chi connectivity index (χ1n) is 27.8. The Morgan fingerprint density at radius 1 is 0.308 bits per heavy atom. The van der Waals surface area contributed by atoms with Crippen molar-refractivity contribution in [2.45, 2.75) is 284 Å². The van der Waals surface area contributed by atoms with Crippen molar-refractivity contribution < 1.29 is 28.6 Å². The average Bonchev–Trinajstić information content (AvgIpc) is 3.30. The molecule has 6 heteroatoms. The Morgan fingerprint density at radius 2 is 0.585 bits per heavy atom. The summed E-state index contributed by atoms with van der Waals surface area (Å²) in [6.45, 7) is 6.54. The molecule has 0 saturated carbocycles. The Kier molecular flexibility index (Phi) is 51.3. The molecule has 0 aliphatic rings. The minimum absolute atomic E-state index is 0.0936. The van der Waals surface area contributed by atoms with Gasteiger partial charge in [-0.1, -0.05) is 242 Å². The molecule has 0 aromatic heterocycles. The van der Waals surface area contributed by atoms with Crippen LogP contribution in [0.1, 0.15) is 278 Å². The number of esters is 3. The average molecular weight is 909 g/mol. The molecule has 65 heavy (non-hydrogen) atoms. The molecule has 0 radical (unpaired) electrons. The van der Waals surface area contributed by atoms with E-state index in [-0.39, 0.29) is 37.5 Å². The van der Waals surface area contributed by atoms with E-state index in [0.29, 0.717) is 19.3 Å². The molecule has 0 fully saturated rings. The minimum atomic E-state index is -0.797. The van der Waals surface area contributed by atoms with Gasteiger partial charge in [0.1, 0.15) is 13.2 Å². The zero-order valence-electron chi connectivity index (χ0n) is 43.0. The monoisotopic (exact) mass is 909 g/mol. The van der Waals surface area contributed by atoms with E-state index in [1.807, 2.05) is 0 Å². The molecule has 0 aliphatic heterocycles. The normalized spacial score (nSPS) is 12.5. The molecular formula is C59H104O6. The zero-order chi connectivity index (χ0) is 47.2. The van der Waals surface area contributed by atoms with Gasteiger partial charge < -0.3 is 14.2 Å². The van der Waals surface area contributed by atoms with Crippen LogP contribution in [0.2, 0.25) is 0 Å². The highest BCUT2D eigenvalue weighted by Gasteiger charge is 2.19. The number of ether oxygens (including phenoxy) is 3. The van der Waals surface area contributed by atoms with Gasteiger partial charge in [0.15, 0.2) is 6.10 Å². The van der Waals surface area contributed by atoms with Crippen LogP contribution in [0.15, 0.2) is 60.8 Å². The molecule has 0 aromatic carbocycles. The van der Waals surface area contributed by atoms with Gasteiger partial charge >= 0.3 is 17.9 Å². The third kappa shape index (κ3) is 51.9. The van der Waals surface area contributed by atoms with Crippen LogP contribution in [0.4, 0.5) is 0 Å². The van der Waals surface area contributed by atoms with E-state index in [0.717, 1.165) is 70.6 Å². The number of carbonyl (C=O) groups is 3.